The first-order valence-corrected chi connectivity index (χ1v) is 8.19. The lowest BCUT2D eigenvalue weighted by molar-refractivity contribution is 0.114. The van der Waals surface area contributed by atoms with Crippen molar-refractivity contribution in [1.82, 2.24) is 10.6 Å². The molecule has 6 heteroatoms. The van der Waals surface area contributed by atoms with Gasteiger partial charge in [-0.15, -0.1) is 0 Å². The number of rotatable bonds is 6. The summed E-state index contributed by atoms with van der Waals surface area (Å²) >= 11 is 0. The van der Waals surface area contributed by atoms with Crippen LogP contribution in [0.3, 0.4) is 0 Å². The minimum absolute atomic E-state index is 0.222. The van der Waals surface area contributed by atoms with Crippen molar-refractivity contribution < 1.29 is 9.13 Å². The van der Waals surface area contributed by atoms with Crippen LogP contribution in [0.15, 0.2) is 23.2 Å². The molecule has 1 aliphatic rings. The Kier molecular flexibility index (Phi) is 6.65. The molecule has 2 rings (SSSR count). The van der Waals surface area contributed by atoms with Gasteiger partial charge >= 0.3 is 0 Å². The first-order chi connectivity index (χ1) is 11.1. The molecule has 0 radical (unpaired) electrons. The third-order valence-electron chi connectivity index (χ3n) is 3.78. The first kappa shape index (κ1) is 17.5. The Morgan fingerprint density at radius 2 is 2.22 bits per heavy atom. The van der Waals surface area contributed by atoms with Crippen molar-refractivity contribution in [3.63, 3.8) is 0 Å². The summed E-state index contributed by atoms with van der Waals surface area (Å²) in [7, 11) is 3.66. The van der Waals surface area contributed by atoms with E-state index < -0.39 is 0 Å². The van der Waals surface area contributed by atoms with Crippen molar-refractivity contribution in [3.05, 3.63) is 29.6 Å². The van der Waals surface area contributed by atoms with Crippen LogP contribution in [0, 0.1) is 5.82 Å². The highest BCUT2D eigenvalue weighted by molar-refractivity contribution is 5.79. The standard InChI is InChI=1S/C17H27FN4O/c1-4-19-17(21-12-14-6-5-9-23-14)20-11-13-7-8-16(22(2)3)15(18)10-13/h7-8,10,14H,4-6,9,11-12H2,1-3H3,(H2,19,20,21). The summed E-state index contributed by atoms with van der Waals surface area (Å²) in [5, 5.41) is 6.49. The Bertz CT molecular complexity index is 527. The van der Waals surface area contributed by atoms with Gasteiger partial charge in [0.2, 0.25) is 0 Å². The molecule has 0 aliphatic carbocycles. The topological polar surface area (TPSA) is 48.9 Å². The van der Waals surface area contributed by atoms with Crippen molar-refractivity contribution in [2.45, 2.75) is 32.4 Å². The second-order valence-electron chi connectivity index (χ2n) is 5.89. The second kappa shape index (κ2) is 8.72. The highest BCUT2D eigenvalue weighted by atomic mass is 19.1. The Hall–Kier alpha value is -1.82. The van der Waals surface area contributed by atoms with E-state index in [4.69, 9.17) is 4.74 Å². The Labute approximate surface area is 137 Å². The zero-order valence-corrected chi connectivity index (χ0v) is 14.2. The van der Waals surface area contributed by atoms with Crippen molar-refractivity contribution in [2.24, 2.45) is 4.99 Å². The zero-order valence-electron chi connectivity index (χ0n) is 14.2. The van der Waals surface area contributed by atoms with Gasteiger partial charge in [-0.1, -0.05) is 6.07 Å². The number of halogens is 1. The normalized spacial score (nSPS) is 18.1. The van der Waals surface area contributed by atoms with E-state index >= 15 is 0 Å². The number of guanidine groups is 1. The molecular formula is C17H27FN4O. The van der Waals surface area contributed by atoms with E-state index in [0.29, 0.717) is 12.2 Å². The van der Waals surface area contributed by atoms with Crippen LogP contribution in [0.25, 0.3) is 0 Å². The molecular weight excluding hydrogens is 295 g/mol. The predicted octanol–water partition coefficient (Wildman–Crippen LogP) is 2.13. The summed E-state index contributed by atoms with van der Waals surface area (Å²) < 4.78 is 19.6. The molecule has 0 bridgehead atoms. The lowest BCUT2D eigenvalue weighted by Gasteiger charge is -2.15. The largest absolute Gasteiger partial charge is 0.376 e. The van der Waals surface area contributed by atoms with Crippen molar-refractivity contribution in [3.8, 4) is 0 Å². The maximum atomic E-state index is 14.0. The van der Waals surface area contributed by atoms with E-state index in [9.17, 15) is 4.39 Å². The maximum Gasteiger partial charge on any atom is 0.191 e. The SMILES string of the molecule is CCNC(=NCc1ccc(N(C)C)c(F)c1)NCC1CCCO1. The highest BCUT2D eigenvalue weighted by Gasteiger charge is 2.15. The highest BCUT2D eigenvalue weighted by Crippen LogP contribution is 2.18. The fraction of sp³-hybridized carbons (Fsp3) is 0.588. The van der Waals surface area contributed by atoms with E-state index in [1.807, 2.05) is 27.1 Å². The van der Waals surface area contributed by atoms with Crippen LogP contribution in [0.4, 0.5) is 10.1 Å². The van der Waals surface area contributed by atoms with Crippen LogP contribution in [0.5, 0.6) is 0 Å². The summed E-state index contributed by atoms with van der Waals surface area (Å²) in [6, 6.07) is 5.24. The van der Waals surface area contributed by atoms with Gasteiger partial charge in [-0.05, 0) is 37.5 Å². The molecule has 0 amide bonds. The number of anilines is 1. The Balaban J connectivity index is 1.94. The first-order valence-electron chi connectivity index (χ1n) is 8.19. The molecule has 0 aromatic heterocycles. The monoisotopic (exact) mass is 322 g/mol. The van der Waals surface area contributed by atoms with Crippen LogP contribution in [-0.4, -0.2) is 45.9 Å². The summed E-state index contributed by atoms with van der Waals surface area (Å²) in [6.45, 7) is 4.84. The number of hydrogen-bond donors (Lipinski definition) is 2. The third-order valence-corrected chi connectivity index (χ3v) is 3.78. The van der Waals surface area contributed by atoms with Crippen LogP contribution in [-0.2, 0) is 11.3 Å². The summed E-state index contributed by atoms with van der Waals surface area (Å²) in [5.74, 6) is 0.514. The van der Waals surface area contributed by atoms with Crippen LogP contribution < -0.4 is 15.5 Å². The van der Waals surface area contributed by atoms with E-state index in [-0.39, 0.29) is 11.9 Å². The number of hydrogen-bond acceptors (Lipinski definition) is 3. The van der Waals surface area contributed by atoms with Crippen LogP contribution in [0.2, 0.25) is 0 Å². The summed E-state index contributed by atoms with van der Waals surface area (Å²) in [5.41, 5.74) is 1.43. The number of nitrogens with one attached hydrogen (secondary N) is 2. The smallest absolute Gasteiger partial charge is 0.191 e. The Morgan fingerprint density at radius 1 is 1.39 bits per heavy atom. The molecule has 0 saturated carbocycles. The van der Waals surface area contributed by atoms with E-state index in [2.05, 4.69) is 15.6 Å². The van der Waals surface area contributed by atoms with E-state index in [0.717, 1.165) is 44.1 Å². The van der Waals surface area contributed by atoms with E-state index in [1.165, 1.54) is 0 Å². The molecule has 0 spiro atoms. The average molecular weight is 322 g/mol. The van der Waals surface area contributed by atoms with Gasteiger partial charge in [0.05, 0.1) is 18.3 Å². The number of ether oxygens (including phenoxy) is 1. The van der Waals surface area contributed by atoms with Gasteiger partial charge in [-0.25, -0.2) is 9.38 Å². The molecule has 23 heavy (non-hydrogen) atoms. The molecule has 5 nitrogen and oxygen atoms in total. The van der Waals surface area contributed by atoms with Gasteiger partial charge in [0.1, 0.15) is 5.82 Å². The maximum absolute atomic E-state index is 14.0. The van der Waals surface area contributed by atoms with E-state index in [1.54, 1.807) is 17.0 Å². The average Bonchev–Trinajstić information content (AvgIpc) is 3.03. The third kappa shape index (κ3) is 5.39. The fourth-order valence-corrected chi connectivity index (χ4v) is 2.54. The summed E-state index contributed by atoms with van der Waals surface area (Å²) in [6.07, 6.45) is 2.47. The molecule has 2 N–H and O–H groups in total. The van der Waals surface area contributed by atoms with Crippen molar-refractivity contribution in [1.29, 1.82) is 0 Å². The minimum atomic E-state index is -0.222. The van der Waals surface area contributed by atoms with Gasteiger partial charge in [-0.3, -0.25) is 0 Å². The number of nitrogens with zero attached hydrogens (tertiary/aromatic N) is 2. The molecule has 1 aromatic rings. The summed E-state index contributed by atoms with van der Waals surface area (Å²) in [4.78, 5) is 6.28. The fourth-order valence-electron chi connectivity index (χ4n) is 2.54. The molecule has 1 aromatic carbocycles. The molecule has 1 fully saturated rings. The van der Waals surface area contributed by atoms with Gasteiger partial charge < -0.3 is 20.3 Å². The molecule has 1 aliphatic heterocycles. The quantitative estimate of drug-likeness (QED) is 0.622. The molecule has 128 valence electrons. The lowest BCUT2D eigenvalue weighted by Crippen LogP contribution is -2.41. The number of aliphatic imine (C=N–C) groups is 1. The minimum Gasteiger partial charge on any atom is -0.376 e. The lowest BCUT2D eigenvalue weighted by atomic mass is 10.2. The van der Waals surface area contributed by atoms with Crippen LogP contribution >= 0.6 is 0 Å². The van der Waals surface area contributed by atoms with Crippen LogP contribution in [0.1, 0.15) is 25.3 Å². The van der Waals surface area contributed by atoms with Crippen molar-refractivity contribution >= 4 is 11.6 Å². The molecule has 1 unspecified atom stereocenters. The molecule has 1 atom stereocenters. The number of benzene rings is 1. The van der Waals surface area contributed by atoms with Gasteiger partial charge in [0.25, 0.3) is 0 Å². The predicted molar refractivity (Wildman–Crippen MR) is 92.5 cm³/mol. The molecule has 1 saturated heterocycles. The van der Waals surface area contributed by atoms with Crippen molar-refractivity contribution in [2.75, 3.05) is 38.7 Å². The molecule has 1 heterocycles. The second-order valence-corrected chi connectivity index (χ2v) is 5.89. The Morgan fingerprint density at radius 3 is 2.83 bits per heavy atom. The van der Waals surface area contributed by atoms with Gasteiger partial charge in [0, 0.05) is 33.8 Å². The van der Waals surface area contributed by atoms with Gasteiger partial charge in [-0.2, -0.15) is 0 Å². The zero-order chi connectivity index (χ0) is 16.7. The van der Waals surface area contributed by atoms with Gasteiger partial charge in [0.15, 0.2) is 5.96 Å².